The molecule has 2 N–H and O–H groups in total. The molecule has 5 aromatic rings. The van der Waals surface area contributed by atoms with Crippen LogP contribution in [0.1, 0.15) is 21.5 Å². The summed E-state index contributed by atoms with van der Waals surface area (Å²) >= 11 is 5.82. The van der Waals surface area contributed by atoms with Gasteiger partial charge >= 0.3 is 18.2 Å². The minimum atomic E-state index is -5.14. The second kappa shape index (κ2) is 13.8. The summed E-state index contributed by atoms with van der Waals surface area (Å²) in [6.07, 6.45) is -5.36. The Morgan fingerprint density at radius 1 is 1.09 bits per heavy atom. The molecule has 250 valence electrons. The van der Waals surface area contributed by atoms with E-state index < -0.39 is 57.4 Å². The summed E-state index contributed by atoms with van der Waals surface area (Å²) in [5, 5.41) is 13.8. The van der Waals surface area contributed by atoms with E-state index in [1.807, 2.05) is 13.0 Å². The molecule has 3 heterocycles. The van der Waals surface area contributed by atoms with Crippen LogP contribution >= 0.6 is 11.6 Å². The molecule has 0 aliphatic rings. The van der Waals surface area contributed by atoms with Crippen LogP contribution in [0.3, 0.4) is 0 Å². The number of ether oxygens (including phenoxy) is 3. The highest BCUT2D eigenvalue weighted by Crippen LogP contribution is 2.39. The van der Waals surface area contributed by atoms with Gasteiger partial charge < -0.3 is 19.3 Å². The minimum absolute atomic E-state index is 0.0559. The third-order valence-electron chi connectivity index (χ3n) is 6.00. The van der Waals surface area contributed by atoms with Crippen molar-refractivity contribution in [1.29, 1.82) is 0 Å². The molecule has 5 rings (SSSR count). The number of fused-ring (bicyclic) bond motifs is 2. The van der Waals surface area contributed by atoms with Gasteiger partial charge in [0, 0.05) is 11.6 Å². The lowest BCUT2D eigenvalue weighted by Crippen LogP contribution is -2.21. The first-order valence-corrected chi connectivity index (χ1v) is 14.7. The number of benzene rings is 2. The van der Waals surface area contributed by atoms with E-state index in [9.17, 15) is 35.2 Å². The molecule has 3 aromatic heterocycles. The summed E-state index contributed by atoms with van der Waals surface area (Å²) in [7, 11) is -2.56. The number of carboxylic acids is 1. The maximum Gasteiger partial charge on any atom is 0.417 e. The summed E-state index contributed by atoms with van der Waals surface area (Å²) in [6, 6.07) is 7.21. The molecular formula is C27H22ClF5N6O7S. The molecule has 0 bridgehead atoms. The quantitative estimate of drug-likeness (QED) is 0.186. The second-order valence-electron chi connectivity index (χ2n) is 9.23. The number of carbonyl (C=O) groups is 1. The number of aromatic carboxylic acids is 1. The number of hydrogen-bond donors (Lipinski definition) is 2. The van der Waals surface area contributed by atoms with E-state index in [-0.39, 0.29) is 28.0 Å². The molecule has 0 saturated carbocycles. The van der Waals surface area contributed by atoms with Crippen molar-refractivity contribution in [2.24, 2.45) is 0 Å². The average Bonchev–Trinajstić information content (AvgIpc) is 3.42. The Bertz CT molecular complexity index is 2020. The molecule has 0 aliphatic heterocycles. The van der Waals surface area contributed by atoms with E-state index >= 15 is 0 Å². The van der Waals surface area contributed by atoms with Crippen molar-refractivity contribution in [3.8, 4) is 17.5 Å². The molecule has 0 radical (unpaired) electrons. The van der Waals surface area contributed by atoms with Gasteiger partial charge in [0.1, 0.15) is 22.8 Å². The van der Waals surface area contributed by atoms with E-state index in [0.29, 0.717) is 11.6 Å². The van der Waals surface area contributed by atoms with Crippen molar-refractivity contribution in [3.63, 3.8) is 0 Å². The smallest absolute Gasteiger partial charge is 0.417 e. The van der Waals surface area contributed by atoms with E-state index in [1.165, 1.54) is 20.4 Å². The predicted octanol–water partition coefficient (Wildman–Crippen LogP) is 5.50. The van der Waals surface area contributed by atoms with Gasteiger partial charge in [-0.25, -0.2) is 26.7 Å². The lowest BCUT2D eigenvalue weighted by atomic mass is 10.1. The van der Waals surface area contributed by atoms with Crippen molar-refractivity contribution in [1.82, 2.24) is 24.6 Å². The number of rotatable bonds is 9. The number of nitrogens with zero attached hydrogens (tertiary/aromatic N) is 5. The molecule has 0 spiro atoms. The van der Waals surface area contributed by atoms with Crippen LogP contribution in [0, 0.1) is 6.92 Å². The minimum Gasteiger partial charge on any atom is -0.491 e. The summed E-state index contributed by atoms with van der Waals surface area (Å²) in [6.45, 7) is 0.581. The largest absolute Gasteiger partial charge is 0.491 e. The van der Waals surface area contributed by atoms with Crippen molar-refractivity contribution >= 4 is 50.1 Å². The van der Waals surface area contributed by atoms with E-state index in [0.717, 1.165) is 27.6 Å². The standard InChI is InChI=1S/C16H14F5N5O5S.C11H8ClNO2/c1-29-10-6-22-15(30-2)26-13(10)23-14(24-26)25-32(27,28)12-8(16(19,20)21)4-3-5-9(12)31-7-11(17)18;1-6-4-7-2-3-8(12)9(11(14)15)10(7)13-5-6/h3-6,11H,7H2,1-2H3,(H,24,25);2-5H,1H3,(H,14,15). The second-order valence-corrected chi connectivity index (χ2v) is 11.3. The Hall–Kier alpha value is -5.04. The number of nitrogens with one attached hydrogen (secondary N) is 1. The Kier molecular flexibility index (Phi) is 10.2. The molecule has 47 heavy (non-hydrogen) atoms. The van der Waals surface area contributed by atoms with Gasteiger partial charge in [0.2, 0.25) is 5.65 Å². The molecule has 2 aromatic carbocycles. The fourth-order valence-electron chi connectivity index (χ4n) is 4.10. The summed E-state index contributed by atoms with van der Waals surface area (Å²) in [4.78, 5) is 21.4. The van der Waals surface area contributed by atoms with Crippen molar-refractivity contribution in [2.75, 3.05) is 25.5 Å². The molecule has 13 nitrogen and oxygen atoms in total. The normalized spacial score (nSPS) is 11.7. The lowest BCUT2D eigenvalue weighted by Gasteiger charge is -2.17. The van der Waals surface area contributed by atoms with Gasteiger partial charge in [0.05, 0.1) is 36.5 Å². The molecule has 0 unspecified atom stereocenters. The Morgan fingerprint density at radius 3 is 2.43 bits per heavy atom. The monoisotopic (exact) mass is 704 g/mol. The number of alkyl halides is 5. The molecule has 0 aliphatic carbocycles. The number of aromatic nitrogens is 5. The van der Waals surface area contributed by atoms with Gasteiger partial charge in [-0.3, -0.25) is 4.98 Å². The Labute approximate surface area is 266 Å². The molecule has 0 atom stereocenters. The van der Waals surface area contributed by atoms with Crippen LogP contribution in [0.15, 0.2) is 53.7 Å². The highest BCUT2D eigenvalue weighted by Gasteiger charge is 2.40. The first-order valence-electron chi connectivity index (χ1n) is 12.8. The van der Waals surface area contributed by atoms with Crippen LogP contribution in [0.5, 0.6) is 17.5 Å². The number of carboxylic acid groups (broad SMARTS) is 1. The van der Waals surface area contributed by atoms with E-state index in [1.54, 1.807) is 23.1 Å². The van der Waals surface area contributed by atoms with Crippen molar-refractivity contribution in [2.45, 2.75) is 24.4 Å². The van der Waals surface area contributed by atoms with Gasteiger partial charge in [0.25, 0.3) is 22.4 Å². The van der Waals surface area contributed by atoms with Crippen molar-refractivity contribution < 1.29 is 54.5 Å². The number of sulfonamides is 1. The number of aryl methyl sites for hydroxylation is 1. The Balaban J connectivity index is 0.000000277. The molecule has 0 fully saturated rings. The maximum absolute atomic E-state index is 13.5. The Morgan fingerprint density at radius 2 is 1.81 bits per heavy atom. The zero-order valence-electron chi connectivity index (χ0n) is 24.2. The van der Waals surface area contributed by atoms with Gasteiger partial charge in [0.15, 0.2) is 5.75 Å². The fraction of sp³-hybridized carbons (Fsp3) is 0.222. The van der Waals surface area contributed by atoms with Gasteiger partial charge in [-0.1, -0.05) is 23.7 Å². The maximum atomic E-state index is 13.5. The first kappa shape index (κ1) is 34.8. The van der Waals surface area contributed by atoms with Crippen molar-refractivity contribution in [3.05, 3.63) is 70.5 Å². The molecule has 20 heteroatoms. The predicted molar refractivity (Wildman–Crippen MR) is 156 cm³/mol. The number of methoxy groups -OCH3 is 2. The average molecular weight is 705 g/mol. The van der Waals surface area contributed by atoms with Crippen LogP contribution < -0.4 is 18.9 Å². The van der Waals surface area contributed by atoms with Crippen LogP contribution in [0.2, 0.25) is 5.02 Å². The van der Waals surface area contributed by atoms with Crippen LogP contribution in [0.25, 0.3) is 16.6 Å². The zero-order chi connectivity index (χ0) is 34.7. The number of hydrogen-bond acceptors (Lipinski definition) is 10. The SMILES string of the molecule is COc1cnc(OC)n2nc(NS(=O)(=O)c3c(OCC(F)F)cccc3C(F)(F)F)nc12.Cc1cnc2c(C(=O)O)c(Cl)ccc2c1. The third-order valence-corrected chi connectivity index (χ3v) is 7.72. The van der Waals surface area contributed by atoms with E-state index in [2.05, 4.69) is 24.8 Å². The topological polar surface area (TPSA) is 167 Å². The van der Waals surface area contributed by atoms with E-state index in [4.69, 9.17) is 26.2 Å². The van der Waals surface area contributed by atoms with Crippen LogP contribution in [-0.2, 0) is 16.2 Å². The fourth-order valence-corrected chi connectivity index (χ4v) is 5.63. The highest BCUT2D eigenvalue weighted by atomic mass is 35.5. The summed E-state index contributed by atoms with van der Waals surface area (Å²) < 4.78 is 109. The van der Waals surface area contributed by atoms with Gasteiger partial charge in [-0.15, -0.1) is 5.10 Å². The number of halogens is 6. The molecular weight excluding hydrogens is 683 g/mol. The summed E-state index contributed by atoms with van der Waals surface area (Å²) in [5.41, 5.74) is -0.205. The molecule has 0 saturated heterocycles. The lowest BCUT2D eigenvalue weighted by molar-refractivity contribution is -0.140. The van der Waals surface area contributed by atoms with Gasteiger partial charge in [-0.2, -0.15) is 27.7 Å². The highest BCUT2D eigenvalue weighted by molar-refractivity contribution is 7.92. The van der Waals surface area contributed by atoms with Crippen LogP contribution in [-0.4, -0.2) is 71.3 Å². The summed E-state index contributed by atoms with van der Waals surface area (Å²) in [5.74, 6) is -2.58. The first-order chi connectivity index (χ1) is 22.1. The zero-order valence-corrected chi connectivity index (χ0v) is 25.8. The molecule has 0 amide bonds. The third kappa shape index (κ3) is 7.68. The number of pyridine rings is 1. The number of anilines is 1. The van der Waals surface area contributed by atoms with Gasteiger partial charge in [-0.05, 0) is 36.8 Å². The van der Waals surface area contributed by atoms with Crippen LogP contribution in [0.4, 0.5) is 27.9 Å².